The number of sulfonamides is 1. The normalized spacial score (nSPS) is 10.6. The summed E-state index contributed by atoms with van der Waals surface area (Å²) in [5.74, 6) is 5.56. The van der Waals surface area contributed by atoms with Gasteiger partial charge in [-0.2, -0.15) is 0 Å². The molecule has 2 aromatic rings. The summed E-state index contributed by atoms with van der Waals surface area (Å²) in [6.45, 7) is 1.98. The Balaban J connectivity index is 2.39. The van der Waals surface area contributed by atoms with E-state index in [1.54, 1.807) is 49.4 Å². The first-order valence-corrected chi connectivity index (χ1v) is 7.89. The lowest BCUT2D eigenvalue weighted by molar-refractivity contribution is 0.600. The van der Waals surface area contributed by atoms with E-state index in [0.717, 1.165) is 0 Å². The number of nitrogens with two attached hydrogens (primary N) is 1. The number of benzene rings is 2. The van der Waals surface area contributed by atoms with E-state index in [9.17, 15) is 8.42 Å². The molecule has 4 nitrogen and oxygen atoms in total. The average molecular weight is 300 g/mol. The van der Waals surface area contributed by atoms with Crippen LogP contribution in [0.2, 0.25) is 0 Å². The lowest BCUT2D eigenvalue weighted by Crippen LogP contribution is -2.14. The largest absolute Gasteiger partial charge is 0.320 e. The van der Waals surface area contributed by atoms with E-state index >= 15 is 0 Å². The van der Waals surface area contributed by atoms with Gasteiger partial charge in [0.25, 0.3) is 10.0 Å². The monoisotopic (exact) mass is 300 g/mol. The van der Waals surface area contributed by atoms with E-state index in [-0.39, 0.29) is 11.4 Å². The molecule has 0 aromatic heterocycles. The summed E-state index contributed by atoms with van der Waals surface area (Å²) in [6, 6.07) is 13.8. The lowest BCUT2D eigenvalue weighted by Gasteiger charge is -2.10. The number of nitrogens with one attached hydrogen (secondary N) is 1. The molecule has 0 radical (unpaired) electrons. The molecule has 0 saturated carbocycles. The predicted octanol–water partition coefficient (Wildman–Crippen LogP) is 2.11. The summed E-state index contributed by atoms with van der Waals surface area (Å²) in [6.07, 6.45) is 0. The zero-order chi connectivity index (χ0) is 15.3. The molecule has 0 bridgehead atoms. The quantitative estimate of drug-likeness (QED) is 0.853. The van der Waals surface area contributed by atoms with E-state index in [4.69, 9.17) is 5.73 Å². The number of aryl methyl sites for hydroxylation is 1. The van der Waals surface area contributed by atoms with Gasteiger partial charge >= 0.3 is 0 Å². The van der Waals surface area contributed by atoms with Crippen molar-refractivity contribution in [3.63, 3.8) is 0 Å². The third-order valence-electron chi connectivity index (χ3n) is 2.84. The van der Waals surface area contributed by atoms with Gasteiger partial charge in [-0.25, -0.2) is 8.42 Å². The number of rotatable bonds is 3. The maximum absolute atomic E-state index is 12.5. The van der Waals surface area contributed by atoms with Gasteiger partial charge in [0.2, 0.25) is 0 Å². The zero-order valence-corrected chi connectivity index (χ0v) is 12.4. The maximum Gasteiger partial charge on any atom is 0.262 e. The Kier molecular flexibility index (Phi) is 4.63. The summed E-state index contributed by atoms with van der Waals surface area (Å²) in [5.41, 5.74) is 7.14. The van der Waals surface area contributed by atoms with Gasteiger partial charge in [0.15, 0.2) is 0 Å². The number of hydrogen-bond acceptors (Lipinski definition) is 3. The fraction of sp³-hybridized carbons (Fsp3) is 0.125. The third-order valence-corrected chi connectivity index (χ3v) is 4.36. The highest BCUT2D eigenvalue weighted by Gasteiger charge is 2.17. The molecular weight excluding hydrogens is 284 g/mol. The Hall–Kier alpha value is -2.29. The first kappa shape index (κ1) is 15.1. The molecule has 2 rings (SSSR count). The molecular formula is C16H16N2O2S. The second-order valence-corrected chi connectivity index (χ2v) is 6.11. The van der Waals surface area contributed by atoms with Crippen molar-refractivity contribution in [1.29, 1.82) is 0 Å². The predicted molar refractivity (Wildman–Crippen MR) is 84.4 cm³/mol. The number of para-hydroxylation sites is 1. The minimum atomic E-state index is -3.64. The Morgan fingerprint density at radius 1 is 1.14 bits per heavy atom. The van der Waals surface area contributed by atoms with Crippen LogP contribution in [0.4, 0.5) is 5.69 Å². The molecule has 5 heteroatoms. The van der Waals surface area contributed by atoms with E-state index in [0.29, 0.717) is 16.8 Å². The van der Waals surface area contributed by atoms with E-state index < -0.39 is 10.0 Å². The minimum absolute atomic E-state index is 0.218. The van der Waals surface area contributed by atoms with Crippen LogP contribution in [-0.2, 0) is 10.0 Å². The minimum Gasteiger partial charge on any atom is -0.320 e. The van der Waals surface area contributed by atoms with Gasteiger partial charge in [-0.3, -0.25) is 4.72 Å². The van der Waals surface area contributed by atoms with Gasteiger partial charge in [-0.15, -0.1) is 0 Å². The molecule has 0 aliphatic heterocycles. The maximum atomic E-state index is 12.5. The summed E-state index contributed by atoms with van der Waals surface area (Å²) in [7, 11) is -3.64. The molecule has 0 aliphatic rings. The van der Waals surface area contributed by atoms with Gasteiger partial charge in [-0.05, 0) is 36.8 Å². The highest BCUT2D eigenvalue weighted by atomic mass is 32.2. The van der Waals surface area contributed by atoms with Crippen molar-refractivity contribution in [2.75, 3.05) is 11.3 Å². The van der Waals surface area contributed by atoms with Crippen LogP contribution in [0.1, 0.15) is 11.1 Å². The molecule has 0 fully saturated rings. The van der Waals surface area contributed by atoms with E-state index in [2.05, 4.69) is 16.6 Å². The molecule has 0 spiro atoms. The Labute approximate surface area is 125 Å². The summed E-state index contributed by atoms with van der Waals surface area (Å²) in [4.78, 5) is 0.218. The highest BCUT2D eigenvalue weighted by molar-refractivity contribution is 7.92. The van der Waals surface area contributed by atoms with E-state index in [1.165, 1.54) is 0 Å². The molecule has 0 unspecified atom stereocenters. The van der Waals surface area contributed by atoms with Crippen LogP contribution in [-0.4, -0.2) is 15.0 Å². The smallest absolute Gasteiger partial charge is 0.262 e. The first-order valence-electron chi connectivity index (χ1n) is 6.40. The second-order valence-electron chi connectivity index (χ2n) is 4.46. The Morgan fingerprint density at radius 3 is 2.52 bits per heavy atom. The van der Waals surface area contributed by atoms with Crippen molar-refractivity contribution in [1.82, 2.24) is 0 Å². The molecule has 108 valence electrons. The Bertz CT molecular complexity index is 788. The van der Waals surface area contributed by atoms with Crippen LogP contribution in [0.5, 0.6) is 0 Å². The van der Waals surface area contributed by atoms with Gasteiger partial charge in [0.05, 0.1) is 11.4 Å². The van der Waals surface area contributed by atoms with Crippen LogP contribution in [0.15, 0.2) is 53.4 Å². The molecule has 0 aliphatic carbocycles. The summed E-state index contributed by atoms with van der Waals surface area (Å²) in [5, 5.41) is 0. The van der Waals surface area contributed by atoms with Gasteiger partial charge in [0.1, 0.15) is 0 Å². The summed E-state index contributed by atoms with van der Waals surface area (Å²) < 4.78 is 27.5. The molecule has 0 heterocycles. The van der Waals surface area contributed by atoms with Gasteiger partial charge < -0.3 is 5.73 Å². The second kappa shape index (κ2) is 6.44. The van der Waals surface area contributed by atoms with Crippen molar-refractivity contribution in [3.05, 3.63) is 59.7 Å². The fourth-order valence-electron chi connectivity index (χ4n) is 1.84. The number of anilines is 1. The molecule has 2 aromatic carbocycles. The van der Waals surface area contributed by atoms with Crippen LogP contribution in [0.25, 0.3) is 0 Å². The van der Waals surface area contributed by atoms with Crippen molar-refractivity contribution < 1.29 is 8.42 Å². The lowest BCUT2D eigenvalue weighted by atomic mass is 10.1. The zero-order valence-electron chi connectivity index (χ0n) is 11.6. The third kappa shape index (κ3) is 3.85. The molecule has 3 N–H and O–H groups in total. The van der Waals surface area contributed by atoms with Crippen LogP contribution < -0.4 is 10.5 Å². The first-order chi connectivity index (χ1) is 10.0. The van der Waals surface area contributed by atoms with Crippen molar-refractivity contribution >= 4 is 15.7 Å². The standard InChI is InChI=1S/C16H16N2O2S/c1-13-9-10-14(6-5-11-17)12-16(13)21(19,20)18-15-7-3-2-4-8-15/h2-4,7-10,12,18H,11,17H2,1H3. The molecule has 0 atom stereocenters. The van der Waals surface area contributed by atoms with Crippen molar-refractivity contribution in [3.8, 4) is 11.8 Å². The average Bonchev–Trinajstić information content (AvgIpc) is 2.47. The van der Waals surface area contributed by atoms with Crippen LogP contribution in [0, 0.1) is 18.8 Å². The number of hydrogen-bond donors (Lipinski definition) is 2. The molecule has 0 amide bonds. The van der Waals surface area contributed by atoms with Crippen molar-refractivity contribution in [2.24, 2.45) is 5.73 Å². The molecule has 0 saturated heterocycles. The Morgan fingerprint density at radius 2 is 1.86 bits per heavy atom. The molecule has 21 heavy (non-hydrogen) atoms. The summed E-state index contributed by atoms with van der Waals surface area (Å²) >= 11 is 0. The van der Waals surface area contributed by atoms with Gasteiger partial charge in [-0.1, -0.05) is 36.1 Å². The SMILES string of the molecule is Cc1ccc(C#CCN)cc1S(=O)(=O)Nc1ccccc1. The van der Waals surface area contributed by atoms with Gasteiger partial charge in [0, 0.05) is 11.3 Å². The topological polar surface area (TPSA) is 72.2 Å². The highest BCUT2D eigenvalue weighted by Crippen LogP contribution is 2.20. The fourth-order valence-corrected chi connectivity index (χ4v) is 3.17. The van der Waals surface area contributed by atoms with Crippen LogP contribution in [0.3, 0.4) is 0 Å². The van der Waals surface area contributed by atoms with Crippen molar-refractivity contribution in [2.45, 2.75) is 11.8 Å². The van der Waals surface area contributed by atoms with Crippen LogP contribution >= 0.6 is 0 Å². The van der Waals surface area contributed by atoms with E-state index in [1.807, 2.05) is 6.07 Å².